The Bertz CT molecular complexity index is 729. The molecular formula is C21H29N3O2. The van der Waals surface area contributed by atoms with Gasteiger partial charge in [-0.15, -0.1) is 0 Å². The lowest BCUT2D eigenvalue weighted by atomic mass is 10.1. The predicted octanol–water partition coefficient (Wildman–Crippen LogP) is 3.31. The van der Waals surface area contributed by atoms with Crippen LogP contribution in [-0.2, 0) is 13.0 Å². The molecule has 0 aromatic heterocycles. The second-order valence-corrected chi connectivity index (χ2v) is 6.05. The molecule has 5 nitrogen and oxygen atoms in total. The van der Waals surface area contributed by atoms with Crippen molar-refractivity contribution < 1.29 is 9.47 Å². The third-order valence-electron chi connectivity index (χ3n) is 4.00. The first-order valence-electron chi connectivity index (χ1n) is 8.95. The molecule has 5 heteroatoms. The molecule has 0 unspecified atom stereocenters. The molecule has 0 aliphatic carbocycles. The van der Waals surface area contributed by atoms with Crippen molar-refractivity contribution in [2.45, 2.75) is 26.8 Å². The van der Waals surface area contributed by atoms with Crippen molar-refractivity contribution in [1.82, 2.24) is 10.6 Å². The van der Waals surface area contributed by atoms with Crippen LogP contribution in [0.25, 0.3) is 0 Å². The van der Waals surface area contributed by atoms with E-state index < -0.39 is 0 Å². The van der Waals surface area contributed by atoms with Crippen LogP contribution in [0.4, 0.5) is 0 Å². The highest BCUT2D eigenvalue weighted by atomic mass is 16.5. The fourth-order valence-electron chi connectivity index (χ4n) is 2.68. The lowest BCUT2D eigenvalue weighted by molar-refractivity contribution is 0.354. The van der Waals surface area contributed by atoms with Crippen LogP contribution in [0, 0.1) is 6.92 Å². The van der Waals surface area contributed by atoms with Crippen LogP contribution in [0.3, 0.4) is 0 Å². The molecule has 0 saturated heterocycles. The van der Waals surface area contributed by atoms with E-state index in [-0.39, 0.29) is 0 Å². The second kappa shape index (κ2) is 10.3. The van der Waals surface area contributed by atoms with E-state index in [1.54, 1.807) is 14.2 Å². The molecular weight excluding hydrogens is 326 g/mol. The van der Waals surface area contributed by atoms with E-state index in [9.17, 15) is 0 Å². The molecule has 140 valence electrons. The van der Waals surface area contributed by atoms with Gasteiger partial charge in [0.2, 0.25) is 0 Å². The molecule has 0 spiro atoms. The van der Waals surface area contributed by atoms with Crippen molar-refractivity contribution >= 4 is 5.96 Å². The number of methoxy groups -OCH3 is 2. The summed E-state index contributed by atoms with van der Waals surface area (Å²) in [4.78, 5) is 4.66. The molecule has 2 rings (SSSR count). The van der Waals surface area contributed by atoms with Crippen molar-refractivity contribution in [1.29, 1.82) is 0 Å². The van der Waals surface area contributed by atoms with Crippen LogP contribution in [0.1, 0.15) is 23.6 Å². The van der Waals surface area contributed by atoms with Gasteiger partial charge < -0.3 is 20.1 Å². The van der Waals surface area contributed by atoms with Crippen LogP contribution < -0.4 is 20.1 Å². The Kier molecular flexibility index (Phi) is 7.80. The smallest absolute Gasteiger partial charge is 0.191 e. The minimum absolute atomic E-state index is 0.570. The molecule has 0 atom stereocenters. The Morgan fingerprint density at radius 3 is 2.46 bits per heavy atom. The van der Waals surface area contributed by atoms with E-state index >= 15 is 0 Å². The Labute approximate surface area is 156 Å². The predicted molar refractivity (Wildman–Crippen MR) is 107 cm³/mol. The Morgan fingerprint density at radius 1 is 0.962 bits per heavy atom. The number of nitrogens with zero attached hydrogens (tertiary/aromatic N) is 1. The summed E-state index contributed by atoms with van der Waals surface area (Å²) in [5, 5.41) is 6.68. The maximum Gasteiger partial charge on any atom is 0.191 e. The summed E-state index contributed by atoms with van der Waals surface area (Å²) in [6.07, 6.45) is 0.961. The molecule has 2 aromatic rings. The van der Waals surface area contributed by atoms with Crippen LogP contribution in [0.15, 0.2) is 47.5 Å². The zero-order valence-corrected chi connectivity index (χ0v) is 16.1. The maximum absolute atomic E-state index is 5.35. The standard InChI is InChI=1S/C21H29N3O2/c1-5-22-21(23-12-11-17-8-6-7-16(2)13-17)24-15-18-9-10-19(25-3)20(14-18)26-4/h6-10,13-14H,5,11-12,15H2,1-4H3,(H2,22,23,24). The van der Waals surface area contributed by atoms with Crippen molar-refractivity contribution in [3.63, 3.8) is 0 Å². The molecule has 26 heavy (non-hydrogen) atoms. The highest BCUT2D eigenvalue weighted by Gasteiger charge is 2.05. The summed E-state index contributed by atoms with van der Waals surface area (Å²) in [6.45, 7) is 6.41. The van der Waals surface area contributed by atoms with Crippen molar-refractivity contribution in [2.75, 3.05) is 27.3 Å². The third kappa shape index (κ3) is 5.99. The number of rotatable bonds is 8. The van der Waals surface area contributed by atoms with Gasteiger partial charge in [0.1, 0.15) is 0 Å². The molecule has 0 aliphatic heterocycles. The number of hydrogen-bond acceptors (Lipinski definition) is 3. The van der Waals surface area contributed by atoms with Crippen molar-refractivity contribution in [3.8, 4) is 11.5 Å². The monoisotopic (exact) mass is 355 g/mol. The number of nitrogens with one attached hydrogen (secondary N) is 2. The molecule has 0 fully saturated rings. The van der Waals surface area contributed by atoms with Gasteiger partial charge in [-0.2, -0.15) is 0 Å². The van der Waals surface area contributed by atoms with E-state index in [1.807, 2.05) is 18.2 Å². The normalized spacial score (nSPS) is 11.2. The number of aryl methyl sites for hydroxylation is 1. The number of hydrogen-bond donors (Lipinski definition) is 2. The number of aliphatic imine (C=N–C) groups is 1. The summed E-state index contributed by atoms with van der Waals surface area (Å²) in [7, 11) is 3.28. The molecule has 0 saturated carbocycles. The van der Waals surface area contributed by atoms with E-state index in [2.05, 4.69) is 53.7 Å². The van der Waals surface area contributed by atoms with Crippen LogP contribution in [0.5, 0.6) is 11.5 Å². The van der Waals surface area contributed by atoms with Crippen molar-refractivity contribution in [3.05, 3.63) is 59.2 Å². The average molecular weight is 355 g/mol. The first-order chi connectivity index (χ1) is 12.7. The topological polar surface area (TPSA) is 54.9 Å². The molecule has 0 amide bonds. The summed E-state index contributed by atoms with van der Waals surface area (Å²) in [6, 6.07) is 14.5. The summed E-state index contributed by atoms with van der Waals surface area (Å²) in [5.74, 6) is 2.26. The Hall–Kier alpha value is -2.69. The van der Waals surface area contributed by atoms with Crippen LogP contribution >= 0.6 is 0 Å². The second-order valence-electron chi connectivity index (χ2n) is 6.05. The first-order valence-corrected chi connectivity index (χ1v) is 8.95. The van der Waals surface area contributed by atoms with Gasteiger partial charge in [0.15, 0.2) is 17.5 Å². The minimum Gasteiger partial charge on any atom is -0.493 e. The maximum atomic E-state index is 5.35. The minimum atomic E-state index is 0.570. The molecule has 2 aromatic carbocycles. The van der Waals surface area contributed by atoms with E-state index in [0.29, 0.717) is 6.54 Å². The molecule has 2 N–H and O–H groups in total. The van der Waals surface area contributed by atoms with E-state index in [0.717, 1.165) is 42.5 Å². The number of guanidine groups is 1. The van der Waals surface area contributed by atoms with Gasteiger partial charge >= 0.3 is 0 Å². The molecule has 0 radical (unpaired) electrons. The summed E-state index contributed by atoms with van der Waals surface area (Å²) < 4.78 is 10.6. The van der Waals surface area contributed by atoms with Gasteiger partial charge in [-0.3, -0.25) is 0 Å². The highest BCUT2D eigenvalue weighted by molar-refractivity contribution is 5.79. The average Bonchev–Trinajstić information content (AvgIpc) is 2.66. The van der Waals surface area contributed by atoms with E-state index in [1.165, 1.54) is 11.1 Å². The summed E-state index contributed by atoms with van der Waals surface area (Å²) in [5.41, 5.74) is 3.68. The van der Waals surface area contributed by atoms with E-state index in [4.69, 9.17) is 9.47 Å². The lowest BCUT2D eigenvalue weighted by Crippen LogP contribution is -2.38. The third-order valence-corrected chi connectivity index (χ3v) is 4.00. The molecule has 0 bridgehead atoms. The first kappa shape index (κ1) is 19.6. The highest BCUT2D eigenvalue weighted by Crippen LogP contribution is 2.27. The quantitative estimate of drug-likeness (QED) is 0.563. The SMILES string of the molecule is CCNC(=NCc1ccc(OC)c(OC)c1)NCCc1cccc(C)c1. The van der Waals surface area contributed by atoms with Crippen LogP contribution in [0.2, 0.25) is 0 Å². The fraction of sp³-hybridized carbons (Fsp3) is 0.381. The Balaban J connectivity index is 1.95. The zero-order chi connectivity index (χ0) is 18.8. The zero-order valence-electron chi connectivity index (χ0n) is 16.1. The summed E-state index contributed by atoms with van der Waals surface area (Å²) >= 11 is 0. The van der Waals surface area contributed by atoms with Gasteiger partial charge in [0, 0.05) is 13.1 Å². The lowest BCUT2D eigenvalue weighted by Gasteiger charge is -2.12. The van der Waals surface area contributed by atoms with Gasteiger partial charge in [0.25, 0.3) is 0 Å². The van der Waals surface area contributed by atoms with Gasteiger partial charge in [0.05, 0.1) is 20.8 Å². The Morgan fingerprint density at radius 2 is 1.77 bits per heavy atom. The fourth-order valence-corrected chi connectivity index (χ4v) is 2.68. The van der Waals surface area contributed by atoms with Crippen molar-refractivity contribution in [2.24, 2.45) is 4.99 Å². The number of benzene rings is 2. The molecule has 0 heterocycles. The number of ether oxygens (including phenoxy) is 2. The van der Waals surface area contributed by atoms with Gasteiger partial charge in [-0.25, -0.2) is 4.99 Å². The molecule has 0 aliphatic rings. The van der Waals surface area contributed by atoms with Gasteiger partial charge in [-0.05, 0) is 43.5 Å². The largest absolute Gasteiger partial charge is 0.493 e. The van der Waals surface area contributed by atoms with Gasteiger partial charge in [-0.1, -0.05) is 35.9 Å². The van der Waals surface area contributed by atoms with Crippen LogP contribution in [-0.4, -0.2) is 33.3 Å².